The molecule has 110 valence electrons. The van der Waals surface area contributed by atoms with Gasteiger partial charge < -0.3 is 15.6 Å². The highest BCUT2D eigenvalue weighted by molar-refractivity contribution is 9.10. The van der Waals surface area contributed by atoms with Gasteiger partial charge in [-0.1, -0.05) is 34.1 Å². The monoisotopic (exact) mass is 349 g/mol. The molecule has 0 amide bonds. The zero-order chi connectivity index (χ0) is 15.4. The molecule has 0 heterocycles. The molecule has 0 aliphatic carbocycles. The van der Waals surface area contributed by atoms with Crippen molar-refractivity contribution in [3.8, 4) is 5.75 Å². The standard InChI is InChI=1S/C16H16BrNO3/c1-10(18)14-7-6-13(17)8-15(14)21-9-11-2-4-12(5-3-11)16(19)20/h2-8,10H,9,18H2,1H3,(H,19,20)/t10-/m0/s1. The molecule has 21 heavy (non-hydrogen) atoms. The van der Waals surface area contributed by atoms with E-state index in [4.69, 9.17) is 15.6 Å². The zero-order valence-electron chi connectivity index (χ0n) is 11.5. The van der Waals surface area contributed by atoms with Gasteiger partial charge in [-0.15, -0.1) is 0 Å². The number of aromatic carboxylic acids is 1. The van der Waals surface area contributed by atoms with E-state index in [0.717, 1.165) is 21.3 Å². The highest BCUT2D eigenvalue weighted by Gasteiger charge is 2.09. The van der Waals surface area contributed by atoms with Crippen molar-refractivity contribution in [1.29, 1.82) is 0 Å². The van der Waals surface area contributed by atoms with Gasteiger partial charge in [0.05, 0.1) is 5.56 Å². The molecule has 0 radical (unpaired) electrons. The van der Waals surface area contributed by atoms with Gasteiger partial charge in [-0.2, -0.15) is 0 Å². The maximum Gasteiger partial charge on any atom is 0.335 e. The molecule has 2 aromatic carbocycles. The Labute approximate surface area is 131 Å². The van der Waals surface area contributed by atoms with E-state index in [1.54, 1.807) is 24.3 Å². The van der Waals surface area contributed by atoms with E-state index < -0.39 is 5.97 Å². The molecule has 0 aromatic heterocycles. The fourth-order valence-corrected chi connectivity index (χ4v) is 2.25. The van der Waals surface area contributed by atoms with E-state index in [2.05, 4.69) is 15.9 Å². The first kappa shape index (κ1) is 15.5. The van der Waals surface area contributed by atoms with Crippen LogP contribution in [-0.2, 0) is 6.61 Å². The Bertz CT molecular complexity index is 638. The normalized spacial score (nSPS) is 12.0. The van der Waals surface area contributed by atoms with Crippen LogP contribution in [0.1, 0.15) is 34.5 Å². The first-order valence-electron chi connectivity index (χ1n) is 6.47. The lowest BCUT2D eigenvalue weighted by Gasteiger charge is -2.14. The molecule has 2 rings (SSSR count). The minimum atomic E-state index is -0.936. The van der Waals surface area contributed by atoms with Gasteiger partial charge in [0.15, 0.2) is 0 Å². The Balaban J connectivity index is 2.12. The number of carboxylic acids is 1. The lowest BCUT2D eigenvalue weighted by atomic mass is 10.1. The van der Waals surface area contributed by atoms with Gasteiger partial charge in [0.2, 0.25) is 0 Å². The summed E-state index contributed by atoms with van der Waals surface area (Å²) >= 11 is 3.41. The second kappa shape index (κ2) is 6.74. The second-order valence-corrected chi connectivity index (χ2v) is 5.68. The smallest absolute Gasteiger partial charge is 0.335 e. The first-order valence-corrected chi connectivity index (χ1v) is 7.26. The summed E-state index contributed by atoms with van der Waals surface area (Å²) in [5.41, 5.74) is 8.02. The fraction of sp³-hybridized carbons (Fsp3) is 0.188. The summed E-state index contributed by atoms with van der Waals surface area (Å²) in [6.45, 7) is 2.26. The Kier molecular flexibility index (Phi) is 4.98. The van der Waals surface area contributed by atoms with E-state index in [1.807, 2.05) is 25.1 Å². The van der Waals surface area contributed by atoms with Gasteiger partial charge in [-0.25, -0.2) is 4.79 Å². The molecular formula is C16H16BrNO3. The van der Waals surface area contributed by atoms with Crippen molar-refractivity contribution < 1.29 is 14.6 Å². The van der Waals surface area contributed by atoms with Crippen LogP contribution < -0.4 is 10.5 Å². The highest BCUT2D eigenvalue weighted by Crippen LogP contribution is 2.28. The van der Waals surface area contributed by atoms with Gasteiger partial charge in [0.25, 0.3) is 0 Å². The molecule has 0 unspecified atom stereocenters. The largest absolute Gasteiger partial charge is 0.489 e. The summed E-state index contributed by atoms with van der Waals surface area (Å²) in [6, 6.07) is 12.2. The Morgan fingerprint density at radius 2 is 1.95 bits per heavy atom. The van der Waals surface area contributed by atoms with Gasteiger partial charge in [-0.05, 0) is 36.8 Å². The lowest BCUT2D eigenvalue weighted by molar-refractivity contribution is 0.0697. The number of benzene rings is 2. The maximum atomic E-state index is 10.8. The molecule has 1 atom stereocenters. The number of ether oxygens (including phenoxy) is 1. The van der Waals surface area contributed by atoms with Crippen LogP contribution in [-0.4, -0.2) is 11.1 Å². The van der Waals surface area contributed by atoms with Crippen molar-refractivity contribution in [2.45, 2.75) is 19.6 Å². The Morgan fingerprint density at radius 3 is 2.52 bits per heavy atom. The Hall–Kier alpha value is -1.85. The average molecular weight is 350 g/mol. The molecule has 4 nitrogen and oxygen atoms in total. The quantitative estimate of drug-likeness (QED) is 0.862. The molecule has 0 saturated heterocycles. The van der Waals surface area contributed by atoms with E-state index in [0.29, 0.717) is 6.61 Å². The molecular weight excluding hydrogens is 334 g/mol. The number of rotatable bonds is 5. The van der Waals surface area contributed by atoms with Crippen molar-refractivity contribution in [1.82, 2.24) is 0 Å². The first-order chi connectivity index (χ1) is 9.97. The van der Waals surface area contributed by atoms with Crippen molar-refractivity contribution in [3.63, 3.8) is 0 Å². The SMILES string of the molecule is C[C@H](N)c1ccc(Br)cc1OCc1ccc(C(=O)O)cc1. The van der Waals surface area contributed by atoms with E-state index in [9.17, 15) is 4.79 Å². The summed E-state index contributed by atoms with van der Waals surface area (Å²) in [4.78, 5) is 10.8. The van der Waals surface area contributed by atoms with Gasteiger partial charge in [0.1, 0.15) is 12.4 Å². The molecule has 3 N–H and O–H groups in total. The van der Waals surface area contributed by atoms with Crippen molar-refractivity contribution in [3.05, 3.63) is 63.6 Å². The van der Waals surface area contributed by atoms with Crippen LogP contribution >= 0.6 is 15.9 Å². The third-order valence-corrected chi connectivity index (χ3v) is 3.55. The molecule has 0 fully saturated rings. The molecule has 0 aliphatic heterocycles. The number of carboxylic acid groups (broad SMARTS) is 1. The minimum absolute atomic E-state index is 0.123. The number of nitrogens with two attached hydrogens (primary N) is 1. The summed E-state index contributed by atoms with van der Waals surface area (Å²) in [5.74, 6) is -0.213. The molecule has 0 spiro atoms. The predicted octanol–water partition coefficient (Wildman–Crippen LogP) is 3.75. The average Bonchev–Trinajstić information content (AvgIpc) is 2.45. The predicted molar refractivity (Wildman–Crippen MR) is 84.5 cm³/mol. The molecule has 0 bridgehead atoms. The van der Waals surface area contributed by atoms with Crippen molar-refractivity contribution >= 4 is 21.9 Å². The zero-order valence-corrected chi connectivity index (χ0v) is 13.1. The van der Waals surface area contributed by atoms with Crippen LogP contribution in [0.25, 0.3) is 0 Å². The number of carbonyl (C=O) groups is 1. The topological polar surface area (TPSA) is 72.5 Å². The number of halogens is 1. The number of hydrogen-bond donors (Lipinski definition) is 2. The molecule has 5 heteroatoms. The number of hydrogen-bond acceptors (Lipinski definition) is 3. The van der Waals surface area contributed by atoms with Crippen molar-refractivity contribution in [2.75, 3.05) is 0 Å². The van der Waals surface area contributed by atoms with E-state index >= 15 is 0 Å². The molecule has 0 aliphatic rings. The summed E-state index contributed by atoms with van der Waals surface area (Å²) in [5, 5.41) is 8.86. The maximum absolute atomic E-state index is 10.8. The van der Waals surface area contributed by atoms with Crippen LogP contribution in [0, 0.1) is 0 Å². The Morgan fingerprint density at radius 1 is 1.29 bits per heavy atom. The van der Waals surface area contributed by atoms with Crippen molar-refractivity contribution in [2.24, 2.45) is 5.73 Å². The van der Waals surface area contributed by atoms with Crippen LogP contribution in [0.3, 0.4) is 0 Å². The van der Waals surface area contributed by atoms with E-state index in [-0.39, 0.29) is 11.6 Å². The minimum Gasteiger partial charge on any atom is -0.489 e. The van der Waals surface area contributed by atoms with Gasteiger partial charge >= 0.3 is 5.97 Å². The summed E-state index contributed by atoms with van der Waals surface area (Å²) in [6.07, 6.45) is 0. The molecule has 2 aromatic rings. The van der Waals surface area contributed by atoms with Crippen LogP contribution in [0.15, 0.2) is 46.9 Å². The summed E-state index contributed by atoms with van der Waals surface area (Å²) in [7, 11) is 0. The van der Waals surface area contributed by atoms with Gasteiger partial charge in [-0.3, -0.25) is 0 Å². The van der Waals surface area contributed by atoms with E-state index in [1.165, 1.54) is 0 Å². The molecule has 0 saturated carbocycles. The highest BCUT2D eigenvalue weighted by atomic mass is 79.9. The fourth-order valence-electron chi connectivity index (χ4n) is 1.91. The van der Waals surface area contributed by atoms with Gasteiger partial charge in [0, 0.05) is 16.1 Å². The second-order valence-electron chi connectivity index (χ2n) is 4.76. The third-order valence-electron chi connectivity index (χ3n) is 3.06. The third kappa shape index (κ3) is 4.06. The summed E-state index contributed by atoms with van der Waals surface area (Å²) < 4.78 is 6.73. The van der Waals surface area contributed by atoms with Crippen LogP contribution in [0.5, 0.6) is 5.75 Å². The van der Waals surface area contributed by atoms with Crippen LogP contribution in [0.2, 0.25) is 0 Å². The lowest BCUT2D eigenvalue weighted by Crippen LogP contribution is -2.08. The van der Waals surface area contributed by atoms with Crippen LogP contribution in [0.4, 0.5) is 0 Å².